The van der Waals surface area contributed by atoms with Crippen LogP contribution in [0.15, 0.2) is 54.9 Å². The Kier molecular flexibility index (Phi) is 7.14. The third-order valence-corrected chi connectivity index (χ3v) is 5.77. The molecule has 4 rings (SSSR count). The Balaban J connectivity index is 1.51. The highest BCUT2D eigenvalue weighted by Gasteiger charge is 2.12. The van der Waals surface area contributed by atoms with E-state index in [1.807, 2.05) is 12.1 Å². The lowest BCUT2D eigenvalue weighted by Crippen LogP contribution is -1.99. The predicted molar refractivity (Wildman–Crippen MR) is 124 cm³/mol. The van der Waals surface area contributed by atoms with Gasteiger partial charge in [0, 0.05) is 10.9 Å². The van der Waals surface area contributed by atoms with Crippen molar-refractivity contribution in [3.63, 3.8) is 0 Å². The summed E-state index contributed by atoms with van der Waals surface area (Å²) < 4.78 is 48.0. The Morgan fingerprint density at radius 3 is 2.33 bits per heavy atom. The van der Waals surface area contributed by atoms with Crippen molar-refractivity contribution in [3.8, 4) is 17.1 Å². The molecule has 170 valence electrons. The van der Waals surface area contributed by atoms with E-state index in [4.69, 9.17) is 16.3 Å². The van der Waals surface area contributed by atoms with Crippen molar-refractivity contribution >= 4 is 22.4 Å². The summed E-state index contributed by atoms with van der Waals surface area (Å²) in [6.07, 6.45) is 5.86. The molecule has 0 aliphatic rings. The standard InChI is InChI=1S/C26H22ClF3N2O/c1-2-3-10-33-20-14-31-26(32-15-20)19-8-9-21-18(13-19)7-6-17(25(21)30)5-4-16-11-22(28)24(27)23(29)12-16/h6-9,11-15H,2-5,10H2,1H3. The van der Waals surface area contributed by atoms with Crippen molar-refractivity contribution in [1.82, 2.24) is 9.97 Å². The van der Waals surface area contributed by atoms with Crippen LogP contribution in [0.2, 0.25) is 5.02 Å². The van der Waals surface area contributed by atoms with E-state index < -0.39 is 16.7 Å². The van der Waals surface area contributed by atoms with Gasteiger partial charge < -0.3 is 4.74 Å². The number of fused-ring (bicyclic) bond motifs is 1. The molecular formula is C26H22ClF3N2O. The van der Waals surface area contributed by atoms with Gasteiger partial charge in [0.15, 0.2) is 11.6 Å². The van der Waals surface area contributed by atoms with E-state index >= 15 is 4.39 Å². The van der Waals surface area contributed by atoms with Gasteiger partial charge in [0.05, 0.1) is 19.0 Å². The van der Waals surface area contributed by atoms with Gasteiger partial charge in [-0.3, -0.25) is 0 Å². The minimum Gasteiger partial charge on any atom is -0.490 e. The molecule has 0 atom stereocenters. The number of unbranched alkanes of at least 4 members (excludes halogenated alkanes) is 1. The summed E-state index contributed by atoms with van der Waals surface area (Å²) in [5.74, 6) is -0.850. The molecule has 0 bridgehead atoms. The Labute approximate surface area is 195 Å². The van der Waals surface area contributed by atoms with Crippen LogP contribution in [-0.2, 0) is 12.8 Å². The second kappa shape index (κ2) is 10.2. The molecule has 33 heavy (non-hydrogen) atoms. The minimum absolute atomic E-state index is 0.284. The molecule has 0 radical (unpaired) electrons. The van der Waals surface area contributed by atoms with Crippen LogP contribution in [0.25, 0.3) is 22.2 Å². The van der Waals surface area contributed by atoms with Crippen molar-refractivity contribution in [2.75, 3.05) is 6.61 Å². The van der Waals surface area contributed by atoms with Crippen LogP contribution in [0.4, 0.5) is 13.2 Å². The summed E-state index contributed by atoms with van der Waals surface area (Å²) in [6, 6.07) is 11.2. The molecule has 4 aromatic rings. The van der Waals surface area contributed by atoms with Gasteiger partial charge in [-0.05, 0) is 54.0 Å². The number of hydrogen-bond donors (Lipinski definition) is 0. The molecular weight excluding hydrogens is 449 g/mol. The molecule has 1 heterocycles. The number of benzene rings is 3. The van der Waals surface area contributed by atoms with Crippen molar-refractivity contribution in [1.29, 1.82) is 0 Å². The zero-order valence-electron chi connectivity index (χ0n) is 18.0. The molecule has 0 aliphatic heterocycles. The molecule has 0 fully saturated rings. The van der Waals surface area contributed by atoms with Crippen LogP contribution >= 0.6 is 11.6 Å². The lowest BCUT2D eigenvalue weighted by Gasteiger charge is -2.09. The van der Waals surface area contributed by atoms with E-state index in [1.165, 1.54) is 12.1 Å². The molecule has 0 aliphatic carbocycles. The molecule has 0 saturated carbocycles. The van der Waals surface area contributed by atoms with Gasteiger partial charge in [0.25, 0.3) is 0 Å². The summed E-state index contributed by atoms with van der Waals surface area (Å²) in [5, 5.41) is 0.641. The average Bonchev–Trinajstić information content (AvgIpc) is 2.82. The van der Waals surface area contributed by atoms with Crippen LogP contribution < -0.4 is 4.74 Å². The normalized spacial score (nSPS) is 11.2. The molecule has 1 aromatic heterocycles. The van der Waals surface area contributed by atoms with Crippen molar-refractivity contribution in [3.05, 3.63) is 88.5 Å². The summed E-state index contributed by atoms with van der Waals surface area (Å²) in [7, 11) is 0. The van der Waals surface area contributed by atoms with E-state index in [1.54, 1.807) is 30.6 Å². The van der Waals surface area contributed by atoms with Crippen molar-refractivity contribution in [2.45, 2.75) is 32.6 Å². The molecule has 0 N–H and O–H groups in total. The summed E-state index contributed by atoms with van der Waals surface area (Å²) in [6.45, 7) is 2.72. The third kappa shape index (κ3) is 5.28. The predicted octanol–water partition coefficient (Wildman–Crippen LogP) is 7.33. The highest BCUT2D eigenvalue weighted by Crippen LogP contribution is 2.28. The van der Waals surface area contributed by atoms with Gasteiger partial charge in [0.1, 0.15) is 22.5 Å². The average molecular weight is 471 g/mol. The van der Waals surface area contributed by atoms with Crippen LogP contribution in [0, 0.1) is 17.5 Å². The summed E-state index contributed by atoms with van der Waals surface area (Å²) in [4.78, 5) is 8.71. The maximum atomic E-state index is 15.1. The van der Waals surface area contributed by atoms with Crippen LogP contribution in [-0.4, -0.2) is 16.6 Å². The van der Waals surface area contributed by atoms with E-state index in [9.17, 15) is 8.78 Å². The Morgan fingerprint density at radius 1 is 0.909 bits per heavy atom. The fraction of sp³-hybridized carbons (Fsp3) is 0.231. The van der Waals surface area contributed by atoms with Gasteiger partial charge >= 0.3 is 0 Å². The smallest absolute Gasteiger partial charge is 0.159 e. The highest BCUT2D eigenvalue weighted by molar-refractivity contribution is 6.30. The van der Waals surface area contributed by atoms with E-state index in [2.05, 4.69) is 16.9 Å². The van der Waals surface area contributed by atoms with E-state index in [-0.39, 0.29) is 12.2 Å². The second-order valence-electron chi connectivity index (χ2n) is 7.79. The van der Waals surface area contributed by atoms with Gasteiger partial charge in [-0.2, -0.15) is 0 Å². The molecule has 0 spiro atoms. The molecule has 3 nitrogen and oxygen atoms in total. The van der Waals surface area contributed by atoms with E-state index in [0.717, 1.165) is 18.4 Å². The minimum atomic E-state index is -0.819. The Morgan fingerprint density at radius 2 is 1.64 bits per heavy atom. The fourth-order valence-corrected chi connectivity index (χ4v) is 3.68. The fourth-order valence-electron chi connectivity index (χ4n) is 3.57. The molecule has 0 saturated heterocycles. The molecule has 0 amide bonds. The highest BCUT2D eigenvalue weighted by atomic mass is 35.5. The van der Waals surface area contributed by atoms with Crippen LogP contribution in [0.5, 0.6) is 5.75 Å². The van der Waals surface area contributed by atoms with Crippen molar-refractivity contribution < 1.29 is 17.9 Å². The largest absolute Gasteiger partial charge is 0.490 e. The molecule has 3 aromatic carbocycles. The maximum absolute atomic E-state index is 15.1. The lowest BCUT2D eigenvalue weighted by molar-refractivity contribution is 0.307. The van der Waals surface area contributed by atoms with Gasteiger partial charge in [-0.15, -0.1) is 0 Å². The van der Waals surface area contributed by atoms with Crippen LogP contribution in [0.1, 0.15) is 30.9 Å². The number of nitrogens with zero attached hydrogens (tertiary/aromatic N) is 2. The molecule has 0 unspecified atom stereocenters. The second-order valence-corrected chi connectivity index (χ2v) is 8.17. The zero-order chi connectivity index (χ0) is 23.4. The Bertz CT molecular complexity index is 1260. The van der Waals surface area contributed by atoms with Gasteiger partial charge in [-0.1, -0.05) is 49.2 Å². The summed E-state index contributed by atoms with van der Waals surface area (Å²) in [5.41, 5.74) is 1.65. The number of aryl methyl sites for hydroxylation is 2. The van der Waals surface area contributed by atoms with Crippen LogP contribution in [0.3, 0.4) is 0 Å². The van der Waals surface area contributed by atoms with E-state index in [0.29, 0.717) is 46.5 Å². The quantitative estimate of drug-likeness (QED) is 0.200. The van der Waals surface area contributed by atoms with Gasteiger partial charge in [-0.25, -0.2) is 23.1 Å². The number of rotatable bonds is 8. The SMILES string of the molecule is CCCCOc1cnc(-c2ccc3c(F)c(CCc4cc(F)c(Cl)c(F)c4)ccc3c2)nc1. The topological polar surface area (TPSA) is 35.0 Å². The lowest BCUT2D eigenvalue weighted by atomic mass is 9.99. The zero-order valence-corrected chi connectivity index (χ0v) is 18.8. The first kappa shape index (κ1) is 23.1. The first-order valence-electron chi connectivity index (χ1n) is 10.8. The first-order chi connectivity index (χ1) is 16.0. The van der Waals surface area contributed by atoms with Gasteiger partial charge in [0.2, 0.25) is 0 Å². The number of aromatic nitrogens is 2. The van der Waals surface area contributed by atoms with Crippen molar-refractivity contribution in [2.24, 2.45) is 0 Å². The third-order valence-electron chi connectivity index (χ3n) is 5.41. The number of halogens is 4. The summed E-state index contributed by atoms with van der Waals surface area (Å²) >= 11 is 5.52. The molecule has 7 heteroatoms. The Hall–Kier alpha value is -3.12. The monoisotopic (exact) mass is 470 g/mol. The number of hydrogen-bond acceptors (Lipinski definition) is 3. The first-order valence-corrected chi connectivity index (χ1v) is 11.1. The maximum Gasteiger partial charge on any atom is 0.159 e. The number of ether oxygens (including phenoxy) is 1.